The summed E-state index contributed by atoms with van der Waals surface area (Å²) >= 11 is 4.77. The van der Waals surface area contributed by atoms with Crippen molar-refractivity contribution in [3.63, 3.8) is 0 Å². The fourth-order valence-electron chi connectivity index (χ4n) is 0.938. The molecule has 4 heteroatoms. The maximum Gasteiger partial charge on any atom is 0.105 e. The zero-order valence-corrected chi connectivity index (χ0v) is 8.47. The Bertz CT molecular complexity index is 372. The van der Waals surface area contributed by atoms with Gasteiger partial charge in [0.1, 0.15) is 5.69 Å². The number of halogens is 1. The average Bonchev–Trinajstić information content (AvgIpc) is 2.56. The van der Waals surface area contributed by atoms with Crippen LogP contribution in [0.3, 0.4) is 0 Å². The molecule has 1 aromatic carbocycles. The third-order valence-electron chi connectivity index (χ3n) is 1.48. The van der Waals surface area contributed by atoms with Crippen LogP contribution in [0.15, 0.2) is 34.1 Å². The van der Waals surface area contributed by atoms with Gasteiger partial charge in [-0.2, -0.15) is 0 Å². The minimum absolute atomic E-state index is 0.932. The van der Waals surface area contributed by atoms with Gasteiger partial charge in [-0.1, -0.05) is 32.6 Å². The van der Waals surface area contributed by atoms with Gasteiger partial charge in [0.2, 0.25) is 0 Å². The van der Waals surface area contributed by atoms with Crippen LogP contribution in [-0.2, 0) is 0 Å². The molecule has 0 amide bonds. The minimum atomic E-state index is 0.932. The molecule has 0 fully saturated rings. The topological polar surface area (TPSA) is 25.8 Å². The van der Waals surface area contributed by atoms with Crippen LogP contribution in [-0.4, -0.2) is 9.59 Å². The van der Waals surface area contributed by atoms with Crippen LogP contribution in [0.5, 0.6) is 0 Å². The van der Waals surface area contributed by atoms with E-state index in [2.05, 4.69) is 25.5 Å². The lowest BCUT2D eigenvalue weighted by molar-refractivity contribution is 1.16. The molecular formula is C8H5BrN2S. The van der Waals surface area contributed by atoms with Gasteiger partial charge < -0.3 is 0 Å². The van der Waals surface area contributed by atoms with Crippen molar-refractivity contribution in [2.75, 3.05) is 0 Å². The molecule has 12 heavy (non-hydrogen) atoms. The minimum Gasteiger partial charge on any atom is -0.138 e. The zero-order valence-electron chi connectivity index (χ0n) is 6.07. The molecule has 0 saturated heterocycles. The zero-order chi connectivity index (χ0) is 8.39. The molecule has 0 radical (unpaired) electrons. The van der Waals surface area contributed by atoms with Crippen LogP contribution in [0.1, 0.15) is 0 Å². The van der Waals surface area contributed by atoms with E-state index in [-0.39, 0.29) is 0 Å². The molecule has 0 N–H and O–H groups in total. The van der Waals surface area contributed by atoms with Gasteiger partial charge in [-0.3, -0.25) is 0 Å². The normalized spacial score (nSPS) is 10.1. The van der Waals surface area contributed by atoms with Gasteiger partial charge in [-0.05, 0) is 23.7 Å². The molecule has 0 aliphatic heterocycles. The fraction of sp³-hybridized carbons (Fsp3) is 0. The molecule has 0 bridgehead atoms. The summed E-state index contributed by atoms with van der Waals surface area (Å²) in [4.78, 5) is 0. The van der Waals surface area contributed by atoms with E-state index in [1.165, 1.54) is 11.5 Å². The molecule has 2 nitrogen and oxygen atoms in total. The molecule has 60 valence electrons. The highest BCUT2D eigenvalue weighted by molar-refractivity contribution is 9.10. The summed E-state index contributed by atoms with van der Waals surface area (Å²) in [6.45, 7) is 0. The Labute approximate surface area is 82.5 Å². The van der Waals surface area contributed by atoms with E-state index in [1.807, 2.05) is 29.6 Å². The summed E-state index contributed by atoms with van der Waals surface area (Å²) < 4.78 is 4.87. The molecule has 0 spiro atoms. The molecule has 0 atom stereocenters. The molecule has 2 rings (SSSR count). The molecule has 0 unspecified atom stereocenters. The number of hydrogen-bond acceptors (Lipinski definition) is 3. The van der Waals surface area contributed by atoms with Gasteiger partial charge in [0.05, 0.1) is 0 Å². The lowest BCUT2D eigenvalue weighted by Crippen LogP contribution is -1.76. The number of nitrogens with zero attached hydrogens (tertiary/aromatic N) is 2. The number of aromatic nitrogens is 2. The highest BCUT2D eigenvalue weighted by Crippen LogP contribution is 2.21. The van der Waals surface area contributed by atoms with Crippen molar-refractivity contribution >= 4 is 27.5 Å². The van der Waals surface area contributed by atoms with E-state index in [0.29, 0.717) is 0 Å². The molecular weight excluding hydrogens is 236 g/mol. The maximum absolute atomic E-state index is 3.98. The first kappa shape index (κ1) is 7.89. The van der Waals surface area contributed by atoms with Crippen molar-refractivity contribution in [2.24, 2.45) is 0 Å². The smallest absolute Gasteiger partial charge is 0.105 e. The number of benzene rings is 1. The second-order valence-corrected chi connectivity index (χ2v) is 3.83. The summed E-state index contributed by atoms with van der Waals surface area (Å²) in [5, 5.41) is 5.91. The molecule has 0 saturated carbocycles. The fourth-order valence-corrected chi connectivity index (χ4v) is 1.80. The Morgan fingerprint density at radius 1 is 1.33 bits per heavy atom. The maximum atomic E-state index is 3.98. The van der Waals surface area contributed by atoms with Crippen LogP contribution in [0.4, 0.5) is 0 Å². The van der Waals surface area contributed by atoms with Crippen molar-refractivity contribution in [1.82, 2.24) is 9.59 Å². The Balaban J connectivity index is 2.48. The quantitative estimate of drug-likeness (QED) is 0.767. The first-order valence-electron chi connectivity index (χ1n) is 3.39. The predicted octanol–water partition coefficient (Wildman–Crippen LogP) is 2.97. The lowest BCUT2D eigenvalue weighted by Gasteiger charge is -1.94. The van der Waals surface area contributed by atoms with Gasteiger partial charge in [-0.25, -0.2) is 0 Å². The van der Waals surface area contributed by atoms with Crippen LogP contribution in [0.25, 0.3) is 11.3 Å². The Hall–Kier alpha value is -0.740. The van der Waals surface area contributed by atoms with Crippen molar-refractivity contribution in [3.8, 4) is 11.3 Å². The second kappa shape index (κ2) is 3.33. The van der Waals surface area contributed by atoms with Gasteiger partial charge in [0, 0.05) is 15.4 Å². The standard InChI is InChI=1S/C8H5BrN2S/c9-7-3-1-2-6(4-7)8-5-12-11-10-8/h1-5H. The number of rotatable bonds is 1. The van der Waals surface area contributed by atoms with Crippen molar-refractivity contribution in [1.29, 1.82) is 0 Å². The van der Waals surface area contributed by atoms with Crippen LogP contribution in [0, 0.1) is 0 Å². The first-order valence-corrected chi connectivity index (χ1v) is 5.02. The largest absolute Gasteiger partial charge is 0.138 e. The average molecular weight is 241 g/mol. The molecule has 2 aromatic rings. The van der Waals surface area contributed by atoms with Crippen LogP contribution in [0.2, 0.25) is 0 Å². The Morgan fingerprint density at radius 3 is 2.92 bits per heavy atom. The van der Waals surface area contributed by atoms with Crippen molar-refractivity contribution < 1.29 is 0 Å². The van der Waals surface area contributed by atoms with Gasteiger partial charge in [0.15, 0.2) is 0 Å². The molecule has 0 aliphatic carbocycles. The third kappa shape index (κ3) is 1.54. The molecule has 1 heterocycles. The van der Waals surface area contributed by atoms with Crippen molar-refractivity contribution in [2.45, 2.75) is 0 Å². The molecule has 1 aromatic heterocycles. The van der Waals surface area contributed by atoms with Crippen LogP contribution >= 0.6 is 27.5 Å². The van der Waals surface area contributed by atoms with E-state index in [1.54, 1.807) is 0 Å². The van der Waals surface area contributed by atoms with E-state index >= 15 is 0 Å². The number of hydrogen-bond donors (Lipinski definition) is 0. The Kier molecular flexibility index (Phi) is 2.19. The lowest BCUT2D eigenvalue weighted by atomic mass is 10.2. The highest BCUT2D eigenvalue weighted by Gasteiger charge is 1.99. The van der Waals surface area contributed by atoms with E-state index in [9.17, 15) is 0 Å². The van der Waals surface area contributed by atoms with Gasteiger partial charge in [0.25, 0.3) is 0 Å². The Morgan fingerprint density at radius 2 is 2.25 bits per heavy atom. The van der Waals surface area contributed by atoms with Crippen LogP contribution < -0.4 is 0 Å². The first-order chi connectivity index (χ1) is 5.86. The van der Waals surface area contributed by atoms with E-state index < -0.39 is 0 Å². The highest BCUT2D eigenvalue weighted by atomic mass is 79.9. The molecule has 0 aliphatic rings. The summed E-state index contributed by atoms with van der Waals surface area (Å²) in [5.41, 5.74) is 2.03. The SMILES string of the molecule is Brc1cccc(-c2csnn2)c1. The second-order valence-electron chi connectivity index (χ2n) is 2.30. The summed E-state index contributed by atoms with van der Waals surface area (Å²) in [5.74, 6) is 0. The third-order valence-corrected chi connectivity index (χ3v) is 2.48. The summed E-state index contributed by atoms with van der Waals surface area (Å²) in [6.07, 6.45) is 0. The van der Waals surface area contributed by atoms with E-state index in [4.69, 9.17) is 0 Å². The van der Waals surface area contributed by atoms with Gasteiger partial charge in [-0.15, -0.1) is 5.10 Å². The van der Waals surface area contributed by atoms with Crippen molar-refractivity contribution in [3.05, 3.63) is 34.1 Å². The van der Waals surface area contributed by atoms with Gasteiger partial charge >= 0.3 is 0 Å². The van der Waals surface area contributed by atoms with E-state index in [0.717, 1.165) is 15.7 Å². The predicted molar refractivity (Wildman–Crippen MR) is 53.0 cm³/mol. The summed E-state index contributed by atoms with van der Waals surface area (Å²) in [6, 6.07) is 8.01. The monoisotopic (exact) mass is 240 g/mol. The summed E-state index contributed by atoms with van der Waals surface area (Å²) in [7, 11) is 0.